The Morgan fingerprint density at radius 3 is 2.12 bits per heavy atom. The summed E-state index contributed by atoms with van der Waals surface area (Å²) in [4.78, 5) is 26.3. The number of aromatic nitrogens is 2. The molecule has 2 aliphatic heterocycles. The standard InChI is InChI=1S/C23H38N2O6Si2/c1-10-23-13-21(25-12-11-20(26)24-22(25)27)29-19(23)14-28-32(15(2)3,16(4)5)31-33(30-23,17(6)7)18(8)9/h1,11-12,15-19,21H,13-14H2,2-9H3,(H,24,26,27)/t19-,21-,23+/m1/s1. The molecule has 2 saturated heterocycles. The minimum atomic E-state index is -2.94. The van der Waals surface area contributed by atoms with Crippen molar-refractivity contribution in [2.75, 3.05) is 6.61 Å². The van der Waals surface area contributed by atoms with E-state index in [4.69, 9.17) is 24.1 Å². The largest absolute Gasteiger partial charge is 0.414 e. The maximum absolute atomic E-state index is 12.5. The van der Waals surface area contributed by atoms with Gasteiger partial charge in [0, 0.05) is 18.7 Å². The first-order valence-electron chi connectivity index (χ1n) is 11.8. The van der Waals surface area contributed by atoms with E-state index < -0.39 is 46.3 Å². The molecule has 0 spiro atoms. The Labute approximate surface area is 198 Å². The van der Waals surface area contributed by atoms with Crippen molar-refractivity contribution in [3.05, 3.63) is 33.1 Å². The summed E-state index contributed by atoms with van der Waals surface area (Å²) >= 11 is 0. The van der Waals surface area contributed by atoms with Crippen LogP contribution in [0.3, 0.4) is 0 Å². The van der Waals surface area contributed by atoms with Crippen LogP contribution in [0.25, 0.3) is 0 Å². The third kappa shape index (κ3) is 4.35. The van der Waals surface area contributed by atoms with Gasteiger partial charge in [-0.3, -0.25) is 14.3 Å². The van der Waals surface area contributed by atoms with Crippen molar-refractivity contribution < 1.29 is 17.7 Å². The van der Waals surface area contributed by atoms with Crippen LogP contribution >= 0.6 is 0 Å². The highest BCUT2D eigenvalue weighted by Crippen LogP contribution is 2.51. The molecule has 184 valence electrons. The van der Waals surface area contributed by atoms with Gasteiger partial charge >= 0.3 is 22.8 Å². The molecular weight excluding hydrogens is 456 g/mol. The zero-order valence-electron chi connectivity index (χ0n) is 21.0. The molecule has 0 radical (unpaired) electrons. The summed E-state index contributed by atoms with van der Waals surface area (Å²) in [7, 11) is -5.68. The number of nitrogens with zero attached hydrogens (tertiary/aromatic N) is 1. The fourth-order valence-corrected chi connectivity index (χ4v) is 16.4. The van der Waals surface area contributed by atoms with Gasteiger partial charge in [0.25, 0.3) is 5.56 Å². The number of fused-ring (bicyclic) bond motifs is 1. The van der Waals surface area contributed by atoms with Crippen LogP contribution in [-0.4, -0.2) is 45.0 Å². The van der Waals surface area contributed by atoms with Crippen LogP contribution in [0.5, 0.6) is 0 Å². The highest BCUT2D eigenvalue weighted by Gasteiger charge is 2.64. The average Bonchev–Trinajstić information content (AvgIpc) is 3.05. The molecule has 0 unspecified atom stereocenters. The predicted octanol–water partition coefficient (Wildman–Crippen LogP) is 3.78. The third-order valence-electron chi connectivity index (χ3n) is 7.06. The molecule has 3 rings (SSSR count). The molecular formula is C23H38N2O6Si2. The van der Waals surface area contributed by atoms with Gasteiger partial charge in [-0.15, -0.1) is 6.42 Å². The summed E-state index contributed by atoms with van der Waals surface area (Å²) in [6.45, 7) is 17.4. The van der Waals surface area contributed by atoms with Crippen molar-refractivity contribution in [1.82, 2.24) is 9.55 Å². The Hall–Kier alpha value is -1.49. The van der Waals surface area contributed by atoms with E-state index in [9.17, 15) is 9.59 Å². The minimum Gasteiger partial charge on any atom is -0.414 e. The van der Waals surface area contributed by atoms with Crippen LogP contribution in [0, 0.1) is 12.3 Å². The monoisotopic (exact) mass is 494 g/mol. The first-order valence-corrected chi connectivity index (χ1v) is 15.8. The maximum Gasteiger partial charge on any atom is 0.335 e. The topological polar surface area (TPSA) is 91.8 Å². The van der Waals surface area contributed by atoms with Gasteiger partial charge in [-0.05, 0) is 22.2 Å². The van der Waals surface area contributed by atoms with E-state index in [2.05, 4.69) is 66.3 Å². The van der Waals surface area contributed by atoms with E-state index in [1.165, 1.54) is 16.8 Å². The van der Waals surface area contributed by atoms with Gasteiger partial charge in [-0.2, -0.15) is 0 Å². The smallest absolute Gasteiger partial charge is 0.335 e. The van der Waals surface area contributed by atoms with Crippen molar-refractivity contribution in [2.45, 2.75) is 102 Å². The molecule has 0 bridgehead atoms. The molecule has 33 heavy (non-hydrogen) atoms. The SMILES string of the molecule is C#C[C@]12C[C@H](n3ccc(=O)[nH]c3=O)O[C@@H]1CO[Si](C(C)C)(C(C)C)O[Si](C(C)C)(C(C)C)O2. The van der Waals surface area contributed by atoms with Crippen LogP contribution in [-0.2, 0) is 17.7 Å². The van der Waals surface area contributed by atoms with Gasteiger partial charge in [0.05, 0.1) is 6.61 Å². The Morgan fingerprint density at radius 1 is 1.06 bits per heavy atom. The molecule has 1 aromatic rings. The van der Waals surface area contributed by atoms with Crippen molar-refractivity contribution in [1.29, 1.82) is 0 Å². The van der Waals surface area contributed by atoms with Gasteiger partial charge in [-0.1, -0.05) is 61.3 Å². The zero-order valence-corrected chi connectivity index (χ0v) is 23.0. The van der Waals surface area contributed by atoms with Gasteiger partial charge in [0.2, 0.25) is 0 Å². The molecule has 3 atom stereocenters. The zero-order chi connectivity index (χ0) is 24.8. The summed E-state index contributed by atoms with van der Waals surface area (Å²) in [6, 6.07) is 1.30. The van der Waals surface area contributed by atoms with Crippen molar-refractivity contribution in [3.8, 4) is 12.3 Å². The quantitative estimate of drug-likeness (QED) is 0.495. The Bertz CT molecular complexity index is 995. The van der Waals surface area contributed by atoms with E-state index in [0.717, 1.165) is 0 Å². The van der Waals surface area contributed by atoms with Gasteiger partial charge in [-0.25, -0.2) is 4.79 Å². The second-order valence-electron chi connectivity index (χ2n) is 10.4. The van der Waals surface area contributed by atoms with Crippen molar-refractivity contribution in [2.24, 2.45) is 0 Å². The number of aromatic amines is 1. The molecule has 1 N–H and O–H groups in total. The first kappa shape index (κ1) is 26.1. The molecule has 0 amide bonds. The Morgan fingerprint density at radius 2 is 1.64 bits per heavy atom. The molecule has 0 saturated carbocycles. The van der Waals surface area contributed by atoms with Crippen LogP contribution in [0.15, 0.2) is 21.9 Å². The lowest BCUT2D eigenvalue weighted by Gasteiger charge is -2.53. The lowest BCUT2D eigenvalue weighted by molar-refractivity contribution is -0.0745. The number of ether oxygens (including phenoxy) is 1. The lowest BCUT2D eigenvalue weighted by atomic mass is 9.96. The number of nitrogens with one attached hydrogen (secondary N) is 1. The van der Waals surface area contributed by atoms with E-state index in [-0.39, 0.29) is 35.2 Å². The minimum absolute atomic E-state index is 0.115. The first-order chi connectivity index (χ1) is 15.3. The van der Waals surface area contributed by atoms with E-state index >= 15 is 0 Å². The fraction of sp³-hybridized carbons (Fsp3) is 0.739. The second-order valence-corrected chi connectivity index (χ2v) is 19.2. The summed E-state index contributed by atoms with van der Waals surface area (Å²) in [6.07, 6.45) is 6.58. The summed E-state index contributed by atoms with van der Waals surface area (Å²) in [5.74, 6) is 2.88. The van der Waals surface area contributed by atoms with Crippen LogP contribution in [0.4, 0.5) is 0 Å². The molecule has 1 aromatic heterocycles. The molecule has 2 fully saturated rings. The van der Waals surface area contributed by atoms with Gasteiger partial charge in [0.15, 0.2) is 5.60 Å². The molecule has 0 aliphatic carbocycles. The molecule has 0 aromatic carbocycles. The molecule has 3 heterocycles. The van der Waals surface area contributed by atoms with E-state index in [1.54, 1.807) is 0 Å². The Kier molecular flexibility index (Phi) is 7.35. The normalized spacial score (nSPS) is 29.2. The number of H-pyrrole nitrogens is 1. The lowest BCUT2D eigenvalue weighted by Crippen LogP contribution is -2.67. The van der Waals surface area contributed by atoms with Gasteiger partial charge < -0.3 is 17.7 Å². The highest BCUT2D eigenvalue weighted by molar-refractivity contribution is 6.84. The van der Waals surface area contributed by atoms with Crippen molar-refractivity contribution >= 4 is 17.1 Å². The summed E-state index contributed by atoms with van der Waals surface area (Å²) in [5.41, 5.74) is -1.49. The molecule has 8 nitrogen and oxygen atoms in total. The van der Waals surface area contributed by atoms with Gasteiger partial charge in [0.1, 0.15) is 12.3 Å². The Balaban J connectivity index is 2.15. The second kappa shape index (κ2) is 9.28. The highest BCUT2D eigenvalue weighted by atomic mass is 28.5. The number of hydrogen-bond acceptors (Lipinski definition) is 6. The van der Waals surface area contributed by atoms with Crippen LogP contribution < -0.4 is 11.2 Å². The maximum atomic E-state index is 12.5. The molecule has 10 heteroatoms. The van der Waals surface area contributed by atoms with Crippen LogP contribution in [0.2, 0.25) is 22.2 Å². The molecule has 2 aliphatic rings. The predicted molar refractivity (Wildman–Crippen MR) is 131 cm³/mol. The fourth-order valence-electron chi connectivity index (χ4n) is 5.18. The number of hydrogen-bond donors (Lipinski definition) is 1. The van der Waals surface area contributed by atoms with Crippen LogP contribution in [0.1, 0.15) is 68.0 Å². The summed E-state index contributed by atoms with van der Waals surface area (Å²) in [5, 5.41) is 0. The average molecular weight is 495 g/mol. The summed E-state index contributed by atoms with van der Waals surface area (Å²) < 4.78 is 28.7. The number of terminal acetylenes is 1. The third-order valence-corrected chi connectivity index (χ3v) is 17.4. The number of rotatable bonds is 5. The van der Waals surface area contributed by atoms with E-state index in [1.807, 2.05) is 0 Å². The van der Waals surface area contributed by atoms with Crippen molar-refractivity contribution in [3.63, 3.8) is 0 Å². The van der Waals surface area contributed by atoms with E-state index in [0.29, 0.717) is 0 Å².